The summed E-state index contributed by atoms with van der Waals surface area (Å²) in [7, 11) is -0.864. The average Bonchev–Trinajstić information content (AvgIpc) is 3.07. The molecule has 2 aliphatic rings. The summed E-state index contributed by atoms with van der Waals surface area (Å²) in [5.74, 6) is 1.90. The molecule has 2 aliphatic heterocycles. The number of rotatable bonds is 6. The lowest BCUT2D eigenvalue weighted by atomic mass is 9.51. The minimum atomic E-state index is -0.864. The predicted molar refractivity (Wildman–Crippen MR) is 190 cm³/mol. The highest BCUT2D eigenvalue weighted by Gasteiger charge is 2.31. The second-order valence-electron chi connectivity index (χ2n) is 12.3. The van der Waals surface area contributed by atoms with E-state index >= 15 is 0 Å². The van der Waals surface area contributed by atoms with Gasteiger partial charge >= 0.3 is 6.92 Å². The Bertz CT molecular complexity index is 1900. The molecule has 0 saturated carbocycles. The molecule has 1 unspecified atom stereocenters. The van der Waals surface area contributed by atoms with E-state index in [4.69, 9.17) is 9.18 Å². The van der Waals surface area contributed by atoms with Gasteiger partial charge < -0.3 is 9.18 Å². The van der Waals surface area contributed by atoms with E-state index in [0.29, 0.717) is 0 Å². The van der Waals surface area contributed by atoms with Gasteiger partial charge in [0.1, 0.15) is 19.6 Å². The first kappa shape index (κ1) is 27.9. The van der Waals surface area contributed by atoms with Crippen LogP contribution in [0.3, 0.4) is 0 Å². The molecule has 6 aromatic rings. The quantitative estimate of drug-likeness (QED) is 0.140. The average molecular weight is 601 g/mol. The zero-order valence-electron chi connectivity index (χ0n) is 25.7. The Morgan fingerprint density at radius 2 is 1.16 bits per heavy atom. The largest absolute Gasteiger partial charge is 0.555 e. The Kier molecular flexibility index (Phi) is 7.28. The Hall–Kier alpha value is -4.59. The molecule has 0 aromatic heterocycles. The topological polar surface area (TPSA) is 18.5 Å². The van der Waals surface area contributed by atoms with Crippen molar-refractivity contribution in [3.8, 4) is 33.8 Å². The SMILES string of the molecule is Cc1ccc(OB2Cc3ccccc3-c3ccccc32)c(Cc2cc(C)ccc2OP2Cc3ccccc3-c3ccccc32)c1. The molecular formula is C41H34BO2P. The van der Waals surface area contributed by atoms with Gasteiger partial charge in [-0.05, 0) is 82.3 Å². The molecule has 2 heterocycles. The van der Waals surface area contributed by atoms with Crippen LogP contribution < -0.4 is 19.9 Å². The number of fused-ring (bicyclic) bond motifs is 6. The highest BCUT2D eigenvalue weighted by Crippen LogP contribution is 2.49. The van der Waals surface area contributed by atoms with Gasteiger partial charge in [0.25, 0.3) is 0 Å². The third kappa shape index (κ3) is 5.36. The molecule has 0 aliphatic carbocycles. The van der Waals surface area contributed by atoms with Crippen LogP contribution in [-0.4, -0.2) is 6.92 Å². The van der Waals surface area contributed by atoms with Crippen LogP contribution >= 0.6 is 8.15 Å². The zero-order chi connectivity index (χ0) is 30.3. The fraction of sp³-hybridized carbons (Fsp3) is 0.122. The molecule has 0 bridgehead atoms. The van der Waals surface area contributed by atoms with Crippen LogP contribution in [0.4, 0.5) is 0 Å². The van der Waals surface area contributed by atoms with Crippen LogP contribution in [0.15, 0.2) is 133 Å². The van der Waals surface area contributed by atoms with Crippen molar-refractivity contribution in [3.63, 3.8) is 0 Å². The zero-order valence-corrected chi connectivity index (χ0v) is 26.6. The smallest absolute Gasteiger partial charge is 0.396 e. The van der Waals surface area contributed by atoms with E-state index < -0.39 is 8.15 Å². The van der Waals surface area contributed by atoms with Gasteiger partial charge in [0.05, 0.1) is 0 Å². The van der Waals surface area contributed by atoms with Crippen molar-refractivity contribution < 1.29 is 9.18 Å². The molecule has 0 saturated heterocycles. The molecule has 0 spiro atoms. The summed E-state index contributed by atoms with van der Waals surface area (Å²) in [6.07, 6.45) is 2.50. The van der Waals surface area contributed by atoms with E-state index in [9.17, 15) is 0 Å². The molecule has 45 heavy (non-hydrogen) atoms. The summed E-state index contributed by atoms with van der Waals surface area (Å²) in [4.78, 5) is 0. The van der Waals surface area contributed by atoms with E-state index in [2.05, 4.69) is 147 Å². The van der Waals surface area contributed by atoms with Gasteiger partial charge in [0.2, 0.25) is 0 Å². The van der Waals surface area contributed by atoms with Gasteiger partial charge in [-0.3, -0.25) is 0 Å². The maximum Gasteiger partial charge on any atom is 0.396 e. The van der Waals surface area contributed by atoms with Crippen molar-refractivity contribution in [2.45, 2.75) is 32.8 Å². The summed E-state index contributed by atoms with van der Waals surface area (Å²) in [5, 5.41) is 1.31. The minimum Gasteiger partial charge on any atom is -0.555 e. The lowest BCUT2D eigenvalue weighted by Gasteiger charge is -2.29. The van der Waals surface area contributed by atoms with Gasteiger partial charge in [-0.2, -0.15) is 0 Å². The Morgan fingerprint density at radius 1 is 0.578 bits per heavy atom. The number of aryl methyl sites for hydroxylation is 2. The molecule has 0 fully saturated rings. The second kappa shape index (κ2) is 11.7. The number of hydrogen-bond donors (Lipinski definition) is 0. The highest BCUT2D eigenvalue weighted by atomic mass is 31.1. The molecule has 0 N–H and O–H groups in total. The van der Waals surface area contributed by atoms with E-state index in [-0.39, 0.29) is 6.92 Å². The van der Waals surface area contributed by atoms with Gasteiger partial charge in [-0.15, -0.1) is 0 Å². The van der Waals surface area contributed by atoms with Crippen molar-refractivity contribution in [2.24, 2.45) is 0 Å². The maximum atomic E-state index is 7.03. The van der Waals surface area contributed by atoms with Gasteiger partial charge in [0.15, 0.2) is 0 Å². The lowest BCUT2D eigenvalue weighted by Crippen LogP contribution is -2.43. The van der Waals surface area contributed by atoms with E-state index in [1.165, 1.54) is 66.4 Å². The number of benzene rings is 6. The summed E-state index contributed by atoms with van der Waals surface area (Å²) >= 11 is 0. The Balaban J connectivity index is 1.12. The first-order valence-corrected chi connectivity index (χ1v) is 17.2. The lowest BCUT2D eigenvalue weighted by molar-refractivity contribution is 0.568. The molecule has 218 valence electrons. The summed E-state index contributed by atoms with van der Waals surface area (Å²) in [5.41, 5.74) is 14.0. The van der Waals surface area contributed by atoms with Crippen LogP contribution in [0.25, 0.3) is 22.3 Å². The summed E-state index contributed by atoms with van der Waals surface area (Å²) in [6.45, 7) is 4.27. The summed E-state index contributed by atoms with van der Waals surface area (Å²) < 4.78 is 14.0. The Morgan fingerprint density at radius 3 is 1.93 bits per heavy atom. The van der Waals surface area contributed by atoms with Crippen molar-refractivity contribution in [1.82, 2.24) is 0 Å². The van der Waals surface area contributed by atoms with Crippen LogP contribution in [0.2, 0.25) is 0 Å². The monoisotopic (exact) mass is 600 g/mol. The van der Waals surface area contributed by atoms with E-state index in [0.717, 1.165) is 30.4 Å². The minimum absolute atomic E-state index is 0.0481. The van der Waals surface area contributed by atoms with Crippen LogP contribution in [0, 0.1) is 13.8 Å². The predicted octanol–water partition coefficient (Wildman–Crippen LogP) is 9.22. The van der Waals surface area contributed by atoms with Crippen molar-refractivity contribution >= 4 is 25.8 Å². The van der Waals surface area contributed by atoms with Crippen LogP contribution in [-0.2, 0) is 18.9 Å². The summed E-state index contributed by atoms with van der Waals surface area (Å²) in [6, 6.07) is 48.1. The Labute approximate surface area is 267 Å². The molecule has 2 nitrogen and oxygen atoms in total. The maximum absolute atomic E-state index is 7.03. The van der Waals surface area contributed by atoms with E-state index in [1.54, 1.807) is 0 Å². The molecule has 0 radical (unpaired) electrons. The molecule has 8 rings (SSSR count). The van der Waals surface area contributed by atoms with Crippen molar-refractivity contribution in [3.05, 3.63) is 167 Å². The van der Waals surface area contributed by atoms with Gasteiger partial charge in [-0.25, -0.2) is 0 Å². The van der Waals surface area contributed by atoms with Crippen molar-refractivity contribution in [2.75, 3.05) is 0 Å². The molecule has 1 atom stereocenters. The first-order valence-electron chi connectivity index (χ1n) is 15.8. The molecule has 4 heteroatoms. The first-order chi connectivity index (χ1) is 22.1. The fourth-order valence-electron chi connectivity index (χ4n) is 6.93. The molecular weight excluding hydrogens is 566 g/mol. The normalized spacial score (nSPS) is 14.5. The molecule has 6 aromatic carbocycles. The van der Waals surface area contributed by atoms with Gasteiger partial charge in [-0.1, -0.05) is 132 Å². The third-order valence-electron chi connectivity index (χ3n) is 9.11. The molecule has 0 amide bonds. The van der Waals surface area contributed by atoms with Crippen LogP contribution in [0.1, 0.15) is 33.4 Å². The van der Waals surface area contributed by atoms with Gasteiger partial charge in [0, 0.05) is 17.9 Å². The van der Waals surface area contributed by atoms with Crippen molar-refractivity contribution in [1.29, 1.82) is 0 Å². The standard InChI is InChI=1S/C41H34BO2P/c1-28-19-21-39(43-42-26-30-11-3-5-13-34(30)36-15-7-9-17-38(36)42)32(23-28)25-33-24-29(2)20-22-40(33)44-45-27-31-12-4-6-14-35(31)37-16-8-10-18-41(37)45/h3-24H,25-27H2,1-2H3. The number of hydrogen-bond acceptors (Lipinski definition) is 2. The fourth-order valence-corrected chi connectivity index (χ4v) is 8.98. The van der Waals surface area contributed by atoms with E-state index in [1.807, 2.05) is 0 Å². The second-order valence-corrected chi connectivity index (χ2v) is 14.0. The van der Waals surface area contributed by atoms with Crippen LogP contribution in [0.5, 0.6) is 11.5 Å². The third-order valence-corrected chi connectivity index (χ3v) is 11.1. The highest BCUT2D eigenvalue weighted by molar-refractivity contribution is 7.61.